The van der Waals surface area contributed by atoms with Gasteiger partial charge in [-0.15, -0.1) is 0 Å². The molecule has 0 unspecified atom stereocenters. The Bertz CT molecular complexity index is 563. The highest BCUT2D eigenvalue weighted by Crippen LogP contribution is 2.25. The summed E-state index contributed by atoms with van der Waals surface area (Å²) in [5.41, 5.74) is 10.8. The molecule has 0 aliphatic carbocycles. The number of nitrogens with zero attached hydrogens (tertiary/aromatic N) is 1. The molecular weight excluding hydrogens is 256 g/mol. The second-order valence-corrected chi connectivity index (χ2v) is 5.75. The lowest BCUT2D eigenvalue weighted by atomic mass is 10.0. The zero-order chi connectivity index (χ0) is 15.2. The molecule has 2 aromatic rings. The van der Waals surface area contributed by atoms with Gasteiger partial charge < -0.3 is 5.73 Å². The summed E-state index contributed by atoms with van der Waals surface area (Å²) in [4.78, 5) is 2.51. The van der Waals surface area contributed by atoms with Gasteiger partial charge in [-0.1, -0.05) is 49.4 Å². The smallest absolute Gasteiger partial charge is 0.0347 e. The molecule has 1 atom stereocenters. The summed E-state index contributed by atoms with van der Waals surface area (Å²) in [6, 6.07) is 17.5. The zero-order valence-corrected chi connectivity index (χ0v) is 13.3. The van der Waals surface area contributed by atoms with Gasteiger partial charge in [0.05, 0.1) is 0 Å². The predicted molar refractivity (Wildman–Crippen MR) is 91.1 cm³/mol. The van der Waals surface area contributed by atoms with Crippen molar-refractivity contribution in [1.82, 2.24) is 4.90 Å². The van der Waals surface area contributed by atoms with E-state index in [1.54, 1.807) is 0 Å². The molecule has 2 aromatic carbocycles. The van der Waals surface area contributed by atoms with Crippen LogP contribution in [-0.4, -0.2) is 11.4 Å². The van der Waals surface area contributed by atoms with Crippen molar-refractivity contribution in [3.8, 4) is 0 Å². The molecule has 0 heterocycles. The van der Waals surface area contributed by atoms with Gasteiger partial charge in [0.15, 0.2) is 0 Å². The molecule has 21 heavy (non-hydrogen) atoms. The van der Waals surface area contributed by atoms with E-state index in [4.69, 9.17) is 5.73 Å². The molecule has 2 nitrogen and oxygen atoms in total. The minimum absolute atomic E-state index is 0.369. The molecule has 0 aromatic heterocycles. The number of anilines is 1. The minimum atomic E-state index is 0.369. The Morgan fingerprint density at radius 1 is 1.10 bits per heavy atom. The van der Waals surface area contributed by atoms with E-state index in [2.05, 4.69) is 74.2 Å². The van der Waals surface area contributed by atoms with Crippen molar-refractivity contribution in [2.45, 2.75) is 39.8 Å². The van der Waals surface area contributed by atoms with Gasteiger partial charge in [0, 0.05) is 18.3 Å². The van der Waals surface area contributed by atoms with E-state index in [1.165, 1.54) is 11.1 Å². The molecule has 0 saturated carbocycles. The van der Waals surface area contributed by atoms with Crippen molar-refractivity contribution < 1.29 is 0 Å². The van der Waals surface area contributed by atoms with Crippen molar-refractivity contribution in [1.29, 1.82) is 0 Å². The van der Waals surface area contributed by atoms with Gasteiger partial charge in [-0.05, 0) is 49.6 Å². The molecular formula is C19H26N2. The van der Waals surface area contributed by atoms with Crippen molar-refractivity contribution in [3.63, 3.8) is 0 Å². The highest BCUT2D eigenvalue weighted by molar-refractivity contribution is 5.49. The Kier molecular flexibility index (Phi) is 5.40. The Hall–Kier alpha value is -1.80. The summed E-state index contributed by atoms with van der Waals surface area (Å²) in [7, 11) is 0. The zero-order valence-electron chi connectivity index (χ0n) is 13.3. The van der Waals surface area contributed by atoms with Crippen LogP contribution in [0.4, 0.5) is 5.69 Å². The van der Waals surface area contributed by atoms with Crippen molar-refractivity contribution in [2.75, 3.05) is 12.3 Å². The van der Waals surface area contributed by atoms with Crippen LogP contribution in [-0.2, 0) is 6.54 Å². The fraction of sp³-hybridized carbons (Fsp3) is 0.368. The van der Waals surface area contributed by atoms with Crippen molar-refractivity contribution in [3.05, 3.63) is 65.2 Å². The van der Waals surface area contributed by atoms with E-state index < -0.39 is 0 Å². The number of benzene rings is 2. The van der Waals surface area contributed by atoms with Gasteiger partial charge in [-0.2, -0.15) is 0 Å². The molecule has 0 spiro atoms. The predicted octanol–water partition coefficient (Wildman–Crippen LogP) is 4.55. The molecule has 0 aliphatic rings. The number of aryl methyl sites for hydroxylation is 1. The lowest BCUT2D eigenvalue weighted by Gasteiger charge is -2.29. The van der Waals surface area contributed by atoms with Gasteiger partial charge in [-0.3, -0.25) is 4.90 Å². The summed E-state index contributed by atoms with van der Waals surface area (Å²) in [5, 5.41) is 0. The SMILES string of the molecule is CCCN(Cc1ccccc1)[C@H](C)c1ccc(C)c(N)c1. The summed E-state index contributed by atoms with van der Waals surface area (Å²) in [6.07, 6.45) is 1.15. The quantitative estimate of drug-likeness (QED) is 0.788. The molecule has 112 valence electrons. The van der Waals surface area contributed by atoms with Gasteiger partial charge in [0.1, 0.15) is 0 Å². The molecule has 2 heteroatoms. The third kappa shape index (κ3) is 4.08. The van der Waals surface area contributed by atoms with Gasteiger partial charge in [0.25, 0.3) is 0 Å². The third-order valence-electron chi connectivity index (χ3n) is 4.07. The lowest BCUT2D eigenvalue weighted by Crippen LogP contribution is -2.27. The molecule has 2 rings (SSSR count). The molecule has 0 radical (unpaired) electrons. The maximum Gasteiger partial charge on any atom is 0.0347 e. The first-order valence-electron chi connectivity index (χ1n) is 7.75. The minimum Gasteiger partial charge on any atom is -0.399 e. The van der Waals surface area contributed by atoms with Crippen LogP contribution in [0.2, 0.25) is 0 Å². The highest BCUT2D eigenvalue weighted by atomic mass is 15.1. The third-order valence-corrected chi connectivity index (χ3v) is 4.07. The number of rotatable bonds is 6. The highest BCUT2D eigenvalue weighted by Gasteiger charge is 2.16. The van der Waals surface area contributed by atoms with E-state index in [9.17, 15) is 0 Å². The summed E-state index contributed by atoms with van der Waals surface area (Å²) in [6.45, 7) is 8.61. The fourth-order valence-electron chi connectivity index (χ4n) is 2.64. The van der Waals surface area contributed by atoms with Gasteiger partial charge >= 0.3 is 0 Å². The summed E-state index contributed by atoms with van der Waals surface area (Å²) in [5.74, 6) is 0. The standard InChI is InChI=1S/C19H26N2/c1-4-12-21(14-17-8-6-5-7-9-17)16(3)18-11-10-15(2)19(20)13-18/h5-11,13,16H,4,12,14,20H2,1-3H3/t16-/m1/s1. The van der Waals surface area contributed by atoms with Crippen LogP contribution in [0, 0.1) is 6.92 Å². The van der Waals surface area contributed by atoms with E-state index in [-0.39, 0.29) is 0 Å². The second-order valence-electron chi connectivity index (χ2n) is 5.75. The van der Waals surface area contributed by atoms with Crippen molar-refractivity contribution >= 4 is 5.69 Å². The van der Waals surface area contributed by atoms with E-state index >= 15 is 0 Å². The maximum absolute atomic E-state index is 6.07. The maximum atomic E-state index is 6.07. The number of hydrogen-bond acceptors (Lipinski definition) is 2. The first-order chi connectivity index (χ1) is 10.1. The van der Waals surface area contributed by atoms with E-state index in [0.29, 0.717) is 6.04 Å². The van der Waals surface area contributed by atoms with Gasteiger partial charge in [0.2, 0.25) is 0 Å². The molecule has 0 fully saturated rings. The number of nitrogen functional groups attached to an aromatic ring is 1. The topological polar surface area (TPSA) is 29.3 Å². The van der Waals surface area contributed by atoms with Crippen LogP contribution in [0.3, 0.4) is 0 Å². The summed E-state index contributed by atoms with van der Waals surface area (Å²) < 4.78 is 0. The largest absolute Gasteiger partial charge is 0.399 e. The average molecular weight is 282 g/mol. The van der Waals surface area contributed by atoms with Crippen LogP contribution < -0.4 is 5.73 Å². The summed E-state index contributed by atoms with van der Waals surface area (Å²) >= 11 is 0. The number of nitrogens with two attached hydrogens (primary N) is 1. The average Bonchev–Trinajstić information content (AvgIpc) is 2.50. The van der Waals surface area contributed by atoms with Crippen LogP contribution in [0.5, 0.6) is 0 Å². The first-order valence-corrected chi connectivity index (χ1v) is 7.75. The molecule has 0 bridgehead atoms. The van der Waals surface area contributed by atoms with Crippen LogP contribution in [0.15, 0.2) is 48.5 Å². The lowest BCUT2D eigenvalue weighted by molar-refractivity contribution is 0.202. The van der Waals surface area contributed by atoms with Crippen LogP contribution in [0.1, 0.15) is 43.0 Å². The van der Waals surface area contributed by atoms with Gasteiger partial charge in [-0.25, -0.2) is 0 Å². The molecule has 2 N–H and O–H groups in total. The monoisotopic (exact) mass is 282 g/mol. The Labute approximate surface area is 128 Å². The Morgan fingerprint density at radius 3 is 2.43 bits per heavy atom. The molecule has 0 aliphatic heterocycles. The van der Waals surface area contributed by atoms with E-state index in [0.717, 1.165) is 30.8 Å². The first kappa shape index (κ1) is 15.6. The fourth-order valence-corrected chi connectivity index (χ4v) is 2.64. The Morgan fingerprint density at radius 2 is 1.81 bits per heavy atom. The number of hydrogen-bond donors (Lipinski definition) is 1. The molecule has 0 saturated heterocycles. The molecule has 0 amide bonds. The van der Waals surface area contributed by atoms with Crippen molar-refractivity contribution in [2.24, 2.45) is 0 Å². The Balaban J connectivity index is 2.18. The second kappa shape index (κ2) is 7.28. The van der Waals surface area contributed by atoms with Crippen LogP contribution in [0.25, 0.3) is 0 Å². The normalized spacial score (nSPS) is 12.6. The van der Waals surface area contributed by atoms with Crippen LogP contribution >= 0.6 is 0 Å². The van der Waals surface area contributed by atoms with E-state index in [1.807, 2.05) is 0 Å².